The van der Waals surface area contributed by atoms with Crippen molar-refractivity contribution >= 4 is 5.91 Å². The van der Waals surface area contributed by atoms with Crippen LogP contribution in [0.1, 0.15) is 29.6 Å². The van der Waals surface area contributed by atoms with E-state index in [2.05, 4.69) is 20.4 Å². The highest BCUT2D eigenvalue weighted by Gasteiger charge is 2.21. The number of aromatic amines is 1. The zero-order chi connectivity index (χ0) is 18.4. The zero-order valence-corrected chi connectivity index (χ0v) is 15.1. The number of nitrogens with zero attached hydrogens (tertiary/aromatic N) is 2. The topological polar surface area (TPSA) is 90.5 Å². The van der Waals surface area contributed by atoms with Crippen LogP contribution in [0.25, 0.3) is 11.3 Å². The normalized spacial score (nSPS) is 17.8. The number of hydrogen-bond acceptors (Lipinski definition) is 5. The number of methoxy groups -OCH3 is 1. The molecule has 140 valence electrons. The van der Waals surface area contributed by atoms with Gasteiger partial charge in [-0.3, -0.25) is 14.8 Å². The quantitative estimate of drug-likeness (QED) is 0.700. The minimum absolute atomic E-state index is 0.158. The van der Waals surface area contributed by atoms with Gasteiger partial charge in [-0.15, -0.1) is 0 Å². The van der Waals surface area contributed by atoms with Gasteiger partial charge < -0.3 is 15.2 Å². The largest absolute Gasteiger partial charge is 0.497 e. The lowest BCUT2D eigenvalue weighted by Gasteiger charge is -2.34. The number of carbonyl (C=O) groups is 1. The van der Waals surface area contributed by atoms with E-state index in [9.17, 15) is 9.90 Å². The second-order valence-corrected chi connectivity index (χ2v) is 6.51. The van der Waals surface area contributed by atoms with Gasteiger partial charge in [-0.05, 0) is 31.5 Å². The zero-order valence-electron chi connectivity index (χ0n) is 15.1. The molecular weight excluding hydrogens is 332 g/mol. The molecule has 0 bridgehead atoms. The molecule has 0 spiro atoms. The van der Waals surface area contributed by atoms with Crippen molar-refractivity contribution < 1.29 is 14.6 Å². The van der Waals surface area contributed by atoms with Crippen molar-refractivity contribution in [2.24, 2.45) is 0 Å². The van der Waals surface area contributed by atoms with E-state index in [1.54, 1.807) is 13.3 Å². The lowest BCUT2D eigenvalue weighted by Crippen LogP contribution is -2.45. The Kier molecular flexibility index (Phi) is 6.25. The van der Waals surface area contributed by atoms with E-state index in [4.69, 9.17) is 4.74 Å². The molecule has 0 aliphatic carbocycles. The van der Waals surface area contributed by atoms with Crippen LogP contribution in [0.4, 0.5) is 0 Å². The molecule has 1 aromatic carbocycles. The van der Waals surface area contributed by atoms with Crippen LogP contribution in [-0.4, -0.2) is 65.5 Å². The number of ether oxygens (including phenoxy) is 1. The Bertz CT molecular complexity index is 731. The molecule has 26 heavy (non-hydrogen) atoms. The van der Waals surface area contributed by atoms with E-state index in [1.807, 2.05) is 24.3 Å². The van der Waals surface area contributed by atoms with E-state index in [0.717, 1.165) is 43.7 Å². The number of benzene rings is 1. The summed E-state index contributed by atoms with van der Waals surface area (Å²) in [4.78, 5) is 14.8. The fraction of sp³-hybridized carbons (Fsp3) is 0.474. The summed E-state index contributed by atoms with van der Waals surface area (Å²) in [5.74, 6) is 0.567. The average molecular weight is 358 g/mol. The number of aromatic nitrogens is 2. The third-order valence-electron chi connectivity index (χ3n) is 4.89. The molecule has 1 saturated heterocycles. The van der Waals surface area contributed by atoms with E-state index in [0.29, 0.717) is 17.8 Å². The number of aliphatic hydroxyl groups is 1. The van der Waals surface area contributed by atoms with Gasteiger partial charge in [0.05, 0.1) is 31.2 Å². The molecule has 1 atom stereocenters. The van der Waals surface area contributed by atoms with Crippen LogP contribution >= 0.6 is 0 Å². The Morgan fingerprint density at radius 2 is 2.35 bits per heavy atom. The van der Waals surface area contributed by atoms with Gasteiger partial charge in [-0.2, -0.15) is 5.10 Å². The van der Waals surface area contributed by atoms with E-state index < -0.39 is 0 Å². The Morgan fingerprint density at radius 1 is 1.46 bits per heavy atom. The smallest absolute Gasteiger partial charge is 0.255 e. The maximum absolute atomic E-state index is 12.6. The maximum atomic E-state index is 12.6. The van der Waals surface area contributed by atoms with Crippen molar-refractivity contribution in [1.29, 1.82) is 0 Å². The van der Waals surface area contributed by atoms with Crippen LogP contribution in [0.3, 0.4) is 0 Å². The maximum Gasteiger partial charge on any atom is 0.255 e. The third kappa shape index (κ3) is 4.23. The second-order valence-electron chi connectivity index (χ2n) is 6.51. The molecule has 1 aliphatic heterocycles. The second kappa shape index (κ2) is 8.82. The van der Waals surface area contributed by atoms with E-state index in [1.165, 1.54) is 0 Å². The lowest BCUT2D eigenvalue weighted by atomic mass is 10.0. The number of carbonyl (C=O) groups excluding carboxylic acids is 1. The molecule has 7 nitrogen and oxygen atoms in total. The molecule has 0 saturated carbocycles. The van der Waals surface area contributed by atoms with Crippen molar-refractivity contribution in [3.8, 4) is 17.0 Å². The fourth-order valence-corrected chi connectivity index (χ4v) is 3.43. The van der Waals surface area contributed by atoms with Crippen molar-refractivity contribution in [3.63, 3.8) is 0 Å². The predicted molar refractivity (Wildman–Crippen MR) is 99.2 cm³/mol. The molecule has 0 unspecified atom stereocenters. The Balaban J connectivity index is 1.61. The van der Waals surface area contributed by atoms with Crippen molar-refractivity contribution in [2.45, 2.75) is 25.3 Å². The van der Waals surface area contributed by atoms with Crippen LogP contribution in [0.2, 0.25) is 0 Å². The summed E-state index contributed by atoms with van der Waals surface area (Å²) < 4.78 is 5.25. The highest BCUT2D eigenvalue weighted by Crippen LogP contribution is 2.25. The number of piperidine rings is 1. The number of nitrogens with one attached hydrogen (secondary N) is 2. The molecule has 1 fully saturated rings. The third-order valence-corrected chi connectivity index (χ3v) is 4.89. The molecule has 1 aromatic heterocycles. The van der Waals surface area contributed by atoms with Crippen LogP contribution in [0.5, 0.6) is 5.75 Å². The summed E-state index contributed by atoms with van der Waals surface area (Å²) in [5.41, 5.74) is 2.03. The minimum atomic E-state index is -0.158. The molecule has 3 N–H and O–H groups in total. The Morgan fingerprint density at radius 3 is 3.15 bits per heavy atom. The van der Waals surface area contributed by atoms with Gasteiger partial charge in [0.1, 0.15) is 5.75 Å². The van der Waals surface area contributed by atoms with Gasteiger partial charge in [-0.1, -0.05) is 18.6 Å². The first-order chi connectivity index (χ1) is 12.7. The number of H-pyrrole nitrogens is 1. The summed E-state index contributed by atoms with van der Waals surface area (Å²) in [6, 6.07) is 7.72. The number of hydrogen-bond donors (Lipinski definition) is 3. The first kappa shape index (κ1) is 18.4. The van der Waals surface area contributed by atoms with Gasteiger partial charge in [0.15, 0.2) is 0 Å². The summed E-state index contributed by atoms with van der Waals surface area (Å²) in [6.45, 7) is 2.43. The number of aliphatic hydroxyl groups excluding tert-OH is 1. The van der Waals surface area contributed by atoms with Gasteiger partial charge in [0, 0.05) is 24.7 Å². The number of amides is 1. The van der Waals surface area contributed by atoms with Gasteiger partial charge in [-0.25, -0.2) is 0 Å². The molecular formula is C19H26N4O3. The van der Waals surface area contributed by atoms with Crippen LogP contribution < -0.4 is 10.1 Å². The number of likely N-dealkylation sites (tertiary alicyclic amines) is 1. The molecule has 1 aliphatic rings. The minimum Gasteiger partial charge on any atom is -0.497 e. The summed E-state index contributed by atoms with van der Waals surface area (Å²) in [6.07, 6.45) is 4.87. The van der Waals surface area contributed by atoms with Crippen LogP contribution in [0, 0.1) is 0 Å². The van der Waals surface area contributed by atoms with Gasteiger partial charge in [0.2, 0.25) is 0 Å². The molecule has 3 rings (SSSR count). The monoisotopic (exact) mass is 358 g/mol. The highest BCUT2D eigenvalue weighted by atomic mass is 16.5. The predicted octanol–water partition coefficient (Wildman–Crippen LogP) is 1.66. The molecule has 2 heterocycles. The van der Waals surface area contributed by atoms with Gasteiger partial charge >= 0.3 is 0 Å². The SMILES string of the molecule is COc1cccc(-c2[nH]ncc2C(=O)NCCN2CCCC[C@H]2CO)c1. The van der Waals surface area contributed by atoms with E-state index >= 15 is 0 Å². The van der Waals surface area contributed by atoms with Crippen LogP contribution in [-0.2, 0) is 0 Å². The van der Waals surface area contributed by atoms with Crippen molar-refractivity contribution in [3.05, 3.63) is 36.0 Å². The fourth-order valence-electron chi connectivity index (χ4n) is 3.43. The van der Waals surface area contributed by atoms with E-state index in [-0.39, 0.29) is 18.6 Å². The average Bonchev–Trinajstić information content (AvgIpc) is 3.18. The molecule has 7 heteroatoms. The Labute approximate surface area is 153 Å². The Hall–Kier alpha value is -2.38. The van der Waals surface area contributed by atoms with Crippen LogP contribution in [0.15, 0.2) is 30.5 Å². The summed E-state index contributed by atoms with van der Waals surface area (Å²) in [7, 11) is 1.61. The number of rotatable bonds is 7. The highest BCUT2D eigenvalue weighted by molar-refractivity contribution is 5.99. The summed E-state index contributed by atoms with van der Waals surface area (Å²) in [5, 5.41) is 19.4. The lowest BCUT2D eigenvalue weighted by molar-refractivity contribution is 0.0849. The standard InChI is InChI=1S/C19H26N4O3/c1-26-16-7-4-5-14(11-16)18-17(12-21-22-18)19(25)20-8-10-23-9-3-2-6-15(23)13-24/h4-5,7,11-12,15,24H,2-3,6,8-10,13H2,1H3,(H,20,25)(H,21,22)/t15-/m0/s1. The molecule has 0 radical (unpaired) electrons. The summed E-state index contributed by atoms with van der Waals surface area (Å²) >= 11 is 0. The van der Waals surface area contributed by atoms with Crippen molar-refractivity contribution in [1.82, 2.24) is 20.4 Å². The molecule has 1 amide bonds. The van der Waals surface area contributed by atoms with Crippen molar-refractivity contribution in [2.75, 3.05) is 33.4 Å². The first-order valence-corrected chi connectivity index (χ1v) is 9.04. The first-order valence-electron chi connectivity index (χ1n) is 9.04. The van der Waals surface area contributed by atoms with Gasteiger partial charge in [0.25, 0.3) is 5.91 Å². The molecule has 2 aromatic rings.